The Morgan fingerprint density at radius 2 is 2.36 bits per heavy atom. The zero-order chi connectivity index (χ0) is 7.68. The van der Waals surface area contributed by atoms with Gasteiger partial charge in [0.15, 0.2) is 5.82 Å². The molecule has 0 amide bonds. The fraction of sp³-hybridized carbons (Fsp3) is 0.500. The Kier molecular flexibility index (Phi) is 1.49. The van der Waals surface area contributed by atoms with Gasteiger partial charge in [-0.1, -0.05) is 0 Å². The molecule has 1 saturated carbocycles. The molecule has 0 N–H and O–H groups in total. The first-order chi connectivity index (χ1) is 5.38. The molecule has 1 aliphatic rings. The highest BCUT2D eigenvalue weighted by Crippen LogP contribution is 2.28. The molecule has 1 aromatic heterocycles. The maximum atomic E-state index is 4.02. The maximum absolute atomic E-state index is 4.02. The van der Waals surface area contributed by atoms with Crippen molar-refractivity contribution in [3.63, 3.8) is 0 Å². The summed E-state index contributed by atoms with van der Waals surface area (Å²) in [5.41, 5.74) is 0. The van der Waals surface area contributed by atoms with E-state index in [4.69, 9.17) is 0 Å². The van der Waals surface area contributed by atoms with Gasteiger partial charge in [-0.05, 0) is 25.0 Å². The monoisotopic (exact) mass is 149 g/mol. The fourth-order valence-corrected chi connectivity index (χ4v) is 1.13. The largest absolute Gasteiger partial charge is 0.355 e. The van der Waals surface area contributed by atoms with E-state index in [2.05, 4.69) is 22.1 Å². The molecule has 0 atom stereocenters. The molecule has 1 aromatic rings. The van der Waals surface area contributed by atoms with Gasteiger partial charge >= 0.3 is 0 Å². The average molecular weight is 149 g/mol. The predicted molar refractivity (Wildman–Crippen MR) is 43.5 cm³/mol. The molecule has 58 valence electrons. The minimum atomic E-state index is 0.715. The Bertz CT molecular complexity index is 230. The van der Waals surface area contributed by atoms with Crippen LogP contribution in [-0.4, -0.2) is 23.3 Å². The molecular formula is C8H11N3. The molecule has 0 spiro atoms. The molecular weight excluding hydrogens is 138 g/mol. The van der Waals surface area contributed by atoms with Crippen molar-refractivity contribution in [2.45, 2.75) is 18.9 Å². The SMILES string of the molecule is CN(c1cccnn1)C1CC1. The van der Waals surface area contributed by atoms with Gasteiger partial charge in [0.25, 0.3) is 0 Å². The molecule has 0 aromatic carbocycles. The second-order valence-electron chi connectivity index (χ2n) is 2.92. The van der Waals surface area contributed by atoms with Gasteiger partial charge in [0.05, 0.1) is 0 Å². The molecule has 0 radical (unpaired) electrons. The number of hydrogen-bond acceptors (Lipinski definition) is 3. The summed E-state index contributed by atoms with van der Waals surface area (Å²) in [6, 6.07) is 4.62. The first-order valence-electron chi connectivity index (χ1n) is 3.88. The van der Waals surface area contributed by atoms with Gasteiger partial charge in [0.2, 0.25) is 0 Å². The average Bonchev–Trinajstić information content (AvgIpc) is 2.87. The number of hydrogen-bond donors (Lipinski definition) is 0. The van der Waals surface area contributed by atoms with Crippen molar-refractivity contribution in [3.05, 3.63) is 18.3 Å². The van der Waals surface area contributed by atoms with E-state index in [-0.39, 0.29) is 0 Å². The summed E-state index contributed by atoms with van der Waals surface area (Å²) in [4.78, 5) is 2.19. The van der Waals surface area contributed by atoms with E-state index in [0.29, 0.717) is 6.04 Å². The van der Waals surface area contributed by atoms with Crippen LogP contribution in [0.3, 0.4) is 0 Å². The zero-order valence-electron chi connectivity index (χ0n) is 6.57. The van der Waals surface area contributed by atoms with Crippen molar-refractivity contribution in [2.24, 2.45) is 0 Å². The molecule has 0 bridgehead atoms. The smallest absolute Gasteiger partial charge is 0.151 e. The van der Waals surface area contributed by atoms with Gasteiger partial charge in [0.1, 0.15) is 0 Å². The Morgan fingerprint density at radius 1 is 1.55 bits per heavy atom. The Hall–Kier alpha value is -1.12. The van der Waals surface area contributed by atoms with Crippen LogP contribution in [0.2, 0.25) is 0 Å². The standard InChI is InChI=1S/C8H11N3/c1-11(7-4-5-7)8-3-2-6-9-10-8/h2-3,6-7H,4-5H2,1H3. The van der Waals surface area contributed by atoms with Crippen molar-refractivity contribution in [3.8, 4) is 0 Å². The quantitative estimate of drug-likeness (QED) is 0.630. The van der Waals surface area contributed by atoms with Crippen molar-refractivity contribution < 1.29 is 0 Å². The molecule has 0 unspecified atom stereocenters. The van der Waals surface area contributed by atoms with E-state index in [1.165, 1.54) is 12.8 Å². The summed E-state index contributed by atoms with van der Waals surface area (Å²) in [5.74, 6) is 0.981. The molecule has 1 fully saturated rings. The zero-order valence-corrected chi connectivity index (χ0v) is 6.57. The lowest BCUT2D eigenvalue weighted by molar-refractivity contribution is 0.861. The topological polar surface area (TPSA) is 29.0 Å². The highest BCUT2D eigenvalue weighted by Gasteiger charge is 2.26. The molecule has 2 rings (SSSR count). The van der Waals surface area contributed by atoms with Crippen LogP contribution in [0.25, 0.3) is 0 Å². The molecule has 1 aliphatic carbocycles. The number of nitrogens with zero attached hydrogens (tertiary/aromatic N) is 3. The van der Waals surface area contributed by atoms with Gasteiger partial charge in [-0.2, -0.15) is 5.10 Å². The van der Waals surface area contributed by atoms with Gasteiger partial charge in [-0.3, -0.25) is 0 Å². The van der Waals surface area contributed by atoms with Crippen LogP contribution < -0.4 is 4.90 Å². The van der Waals surface area contributed by atoms with Crippen LogP contribution in [0.1, 0.15) is 12.8 Å². The molecule has 3 heteroatoms. The molecule has 1 heterocycles. The number of anilines is 1. The van der Waals surface area contributed by atoms with Crippen LogP contribution in [0, 0.1) is 0 Å². The molecule has 3 nitrogen and oxygen atoms in total. The second-order valence-corrected chi connectivity index (χ2v) is 2.92. The van der Waals surface area contributed by atoms with Crippen LogP contribution in [-0.2, 0) is 0 Å². The van der Waals surface area contributed by atoms with E-state index >= 15 is 0 Å². The van der Waals surface area contributed by atoms with E-state index in [0.717, 1.165) is 5.82 Å². The Labute approximate surface area is 66.1 Å². The summed E-state index contributed by atoms with van der Waals surface area (Å²) >= 11 is 0. The van der Waals surface area contributed by atoms with Gasteiger partial charge in [-0.25, -0.2) is 0 Å². The van der Waals surface area contributed by atoms with Crippen molar-refractivity contribution in [1.29, 1.82) is 0 Å². The van der Waals surface area contributed by atoms with E-state index < -0.39 is 0 Å². The summed E-state index contributed by atoms with van der Waals surface area (Å²) < 4.78 is 0. The normalized spacial score (nSPS) is 16.5. The Balaban J connectivity index is 2.15. The fourth-order valence-electron chi connectivity index (χ4n) is 1.13. The molecule has 11 heavy (non-hydrogen) atoms. The number of rotatable bonds is 2. The maximum Gasteiger partial charge on any atom is 0.151 e. The predicted octanol–water partition coefficient (Wildman–Crippen LogP) is 1.08. The van der Waals surface area contributed by atoms with Crippen LogP contribution in [0.4, 0.5) is 5.82 Å². The van der Waals surface area contributed by atoms with Gasteiger partial charge in [0, 0.05) is 19.3 Å². The summed E-state index contributed by atoms with van der Waals surface area (Å²) in [6.45, 7) is 0. The van der Waals surface area contributed by atoms with Gasteiger partial charge in [-0.15, -0.1) is 5.10 Å². The highest BCUT2D eigenvalue weighted by molar-refractivity contribution is 5.38. The van der Waals surface area contributed by atoms with Crippen molar-refractivity contribution in [2.75, 3.05) is 11.9 Å². The Morgan fingerprint density at radius 3 is 2.91 bits per heavy atom. The third-order valence-electron chi connectivity index (χ3n) is 2.01. The minimum absolute atomic E-state index is 0.715. The second kappa shape index (κ2) is 2.49. The van der Waals surface area contributed by atoms with Gasteiger partial charge < -0.3 is 4.90 Å². The van der Waals surface area contributed by atoms with Crippen LogP contribution in [0.5, 0.6) is 0 Å². The number of aromatic nitrogens is 2. The van der Waals surface area contributed by atoms with Crippen LogP contribution in [0.15, 0.2) is 18.3 Å². The lowest BCUT2D eigenvalue weighted by Gasteiger charge is -2.15. The summed E-state index contributed by atoms with van der Waals surface area (Å²) in [7, 11) is 2.07. The first kappa shape index (κ1) is 6.58. The third kappa shape index (κ3) is 1.31. The molecule has 0 saturated heterocycles. The van der Waals surface area contributed by atoms with Crippen LogP contribution >= 0.6 is 0 Å². The highest BCUT2D eigenvalue weighted by atomic mass is 15.3. The van der Waals surface area contributed by atoms with E-state index in [9.17, 15) is 0 Å². The van der Waals surface area contributed by atoms with Crippen molar-refractivity contribution >= 4 is 5.82 Å². The summed E-state index contributed by atoms with van der Waals surface area (Å²) in [5, 5.41) is 7.84. The lowest BCUT2D eigenvalue weighted by Crippen LogP contribution is -2.20. The first-order valence-corrected chi connectivity index (χ1v) is 3.88. The lowest BCUT2D eigenvalue weighted by atomic mass is 10.5. The minimum Gasteiger partial charge on any atom is -0.355 e. The van der Waals surface area contributed by atoms with Crippen molar-refractivity contribution in [1.82, 2.24) is 10.2 Å². The third-order valence-corrected chi connectivity index (χ3v) is 2.01. The summed E-state index contributed by atoms with van der Waals surface area (Å²) in [6.07, 6.45) is 4.30. The van der Waals surface area contributed by atoms with E-state index in [1.54, 1.807) is 6.20 Å². The van der Waals surface area contributed by atoms with E-state index in [1.807, 2.05) is 12.1 Å². The molecule has 0 aliphatic heterocycles.